The zero-order valence-electron chi connectivity index (χ0n) is 11.2. The third kappa shape index (κ3) is 3.21. The zero-order chi connectivity index (χ0) is 13.1. The van der Waals surface area contributed by atoms with Crippen LogP contribution in [-0.4, -0.2) is 27.1 Å². The normalized spacial score (nSPS) is 17.3. The van der Waals surface area contributed by atoms with E-state index in [0.717, 1.165) is 0 Å². The van der Waals surface area contributed by atoms with E-state index < -0.39 is 0 Å². The summed E-state index contributed by atoms with van der Waals surface area (Å²) in [5.41, 5.74) is 5.65. The van der Waals surface area contributed by atoms with Gasteiger partial charge in [0.15, 0.2) is 0 Å². The lowest BCUT2D eigenvalue weighted by Crippen LogP contribution is -2.31. The summed E-state index contributed by atoms with van der Waals surface area (Å²) in [6.07, 6.45) is 3.87. The Bertz CT molecular complexity index is 405. The van der Waals surface area contributed by atoms with Gasteiger partial charge in [0, 0.05) is 6.04 Å². The molecule has 1 aliphatic rings. The Morgan fingerprint density at radius 1 is 1.22 bits per heavy atom. The van der Waals surface area contributed by atoms with Gasteiger partial charge in [-0.15, -0.1) is 0 Å². The molecule has 1 saturated carbocycles. The summed E-state index contributed by atoms with van der Waals surface area (Å²) < 4.78 is 5.44. The minimum atomic E-state index is 0.0173. The second kappa shape index (κ2) is 5.37. The van der Waals surface area contributed by atoms with Crippen LogP contribution >= 0.6 is 0 Å². The Kier molecular flexibility index (Phi) is 3.84. The van der Waals surface area contributed by atoms with Gasteiger partial charge in [-0.25, -0.2) is 0 Å². The van der Waals surface area contributed by atoms with Crippen LogP contribution in [0, 0.1) is 5.92 Å². The standard InChI is InChI=1S/C12H21N5O/c1-7(2)18-12-16-10(13)15-11(17-12)14-8(3)9-5-4-6-9/h7-9H,4-6H2,1-3H3,(H3,13,14,15,16,17). The molecule has 6 nitrogen and oxygen atoms in total. The van der Waals surface area contributed by atoms with Crippen LogP contribution in [0.15, 0.2) is 0 Å². The molecule has 1 aromatic rings. The highest BCUT2D eigenvalue weighted by Crippen LogP contribution is 2.30. The van der Waals surface area contributed by atoms with E-state index >= 15 is 0 Å². The number of rotatable bonds is 5. The van der Waals surface area contributed by atoms with Crippen molar-refractivity contribution in [3.63, 3.8) is 0 Å². The minimum absolute atomic E-state index is 0.0173. The first-order valence-corrected chi connectivity index (χ1v) is 6.49. The van der Waals surface area contributed by atoms with Gasteiger partial charge in [-0.1, -0.05) is 6.42 Å². The molecule has 2 rings (SSSR count). The molecular weight excluding hydrogens is 230 g/mol. The van der Waals surface area contributed by atoms with E-state index in [4.69, 9.17) is 10.5 Å². The van der Waals surface area contributed by atoms with Crippen LogP contribution in [0.25, 0.3) is 0 Å². The highest BCUT2D eigenvalue weighted by molar-refractivity contribution is 5.33. The number of nitrogens with two attached hydrogens (primary N) is 1. The van der Waals surface area contributed by atoms with E-state index in [-0.39, 0.29) is 18.1 Å². The average molecular weight is 251 g/mol. The van der Waals surface area contributed by atoms with Crippen molar-refractivity contribution in [3.8, 4) is 6.01 Å². The van der Waals surface area contributed by atoms with Gasteiger partial charge >= 0.3 is 6.01 Å². The lowest BCUT2D eigenvalue weighted by atomic mass is 9.80. The molecule has 6 heteroatoms. The van der Waals surface area contributed by atoms with Gasteiger partial charge in [0.1, 0.15) is 0 Å². The van der Waals surface area contributed by atoms with Crippen LogP contribution < -0.4 is 15.8 Å². The van der Waals surface area contributed by atoms with E-state index in [9.17, 15) is 0 Å². The van der Waals surface area contributed by atoms with Gasteiger partial charge in [0.25, 0.3) is 0 Å². The quantitative estimate of drug-likeness (QED) is 0.830. The number of hydrogen-bond donors (Lipinski definition) is 2. The van der Waals surface area contributed by atoms with Crippen LogP contribution in [0.5, 0.6) is 6.01 Å². The molecule has 0 aliphatic heterocycles. The smallest absolute Gasteiger partial charge is 0.323 e. The van der Waals surface area contributed by atoms with Crippen molar-refractivity contribution < 1.29 is 4.74 Å². The summed E-state index contributed by atoms with van der Waals surface area (Å²) in [7, 11) is 0. The number of nitrogen functional groups attached to an aromatic ring is 1. The van der Waals surface area contributed by atoms with Crippen molar-refractivity contribution in [2.24, 2.45) is 5.92 Å². The van der Waals surface area contributed by atoms with Crippen molar-refractivity contribution in [2.75, 3.05) is 11.1 Å². The van der Waals surface area contributed by atoms with Crippen LogP contribution in [0.4, 0.5) is 11.9 Å². The van der Waals surface area contributed by atoms with E-state index in [2.05, 4.69) is 27.2 Å². The van der Waals surface area contributed by atoms with E-state index in [0.29, 0.717) is 17.9 Å². The molecule has 0 bridgehead atoms. The summed E-state index contributed by atoms with van der Waals surface area (Å²) in [6, 6.07) is 0.633. The number of aromatic nitrogens is 3. The zero-order valence-corrected chi connectivity index (χ0v) is 11.2. The van der Waals surface area contributed by atoms with Crippen molar-refractivity contribution >= 4 is 11.9 Å². The monoisotopic (exact) mass is 251 g/mol. The van der Waals surface area contributed by atoms with Crippen LogP contribution in [0.3, 0.4) is 0 Å². The molecule has 1 unspecified atom stereocenters. The van der Waals surface area contributed by atoms with Gasteiger partial charge in [-0.3, -0.25) is 0 Å². The molecule has 0 amide bonds. The summed E-state index contributed by atoms with van der Waals surface area (Å²) in [5.74, 6) is 1.39. The van der Waals surface area contributed by atoms with Gasteiger partial charge in [-0.05, 0) is 39.5 Å². The molecule has 1 heterocycles. The van der Waals surface area contributed by atoms with Crippen LogP contribution in [-0.2, 0) is 0 Å². The van der Waals surface area contributed by atoms with Crippen LogP contribution in [0.1, 0.15) is 40.0 Å². The Morgan fingerprint density at radius 2 is 1.94 bits per heavy atom. The first kappa shape index (κ1) is 12.9. The third-order valence-electron chi connectivity index (χ3n) is 3.19. The Hall–Kier alpha value is -1.59. The SMILES string of the molecule is CC(C)Oc1nc(N)nc(NC(C)C2CCC2)n1. The highest BCUT2D eigenvalue weighted by Gasteiger charge is 2.24. The fraction of sp³-hybridized carbons (Fsp3) is 0.750. The van der Waals surface area contributed by atoms with Crippen molar-refractivity contribution in [1.82, 2.24) is 15.0 Å². The minimum Gasteiger partial charge on any atom is -0.461 e. The highest BCUT2D eigenvalue weighted by atomic mass is 16.5. The molecule has 1 fully saturated rings. The lowest BCUT2D eigenvalue weighted by Gasteiger charge is -2.31. The molecule has 0 spiro atoms. The fourth-order valence-electron chi connectivity index (χ4n) is 1.96. The molecule has 0 saturated heterocycles. The molecule has 1 aliphatic carbocycles. The van der Waals surface area contributed by atoms with Gasteiger partial charge < -0.3 is 15.8 Å². The lowest BCUT2D eigenvalue weighted by molar-refractivity contribution is 0.222. The molecule has 1 aromatic heterocycles. The number of nitrogens with zero attached hydrogens (tertiary/aromatic N) is 3. The topological polar surface area (TPSA) is 86.0 Å². The maximum absolute atomic E-state index is 5.65. The first-order valence-electron chi connectivity index (χ1n) is 6.49. The van der Waals surface area contributed by atoms with Crippen LogP contribution in [0.2, 0.25) is 0 Å². The summed E-state index contributed by atoms with van der Waals surface area (Å²) in [6.45, 7) is 5.99. The molecule has 0 radical (unpaired) electrons. The Labute approximate surface area is 107 Å². The maximum atomic E-state index is 5.65. The number of ether oxygens (including phenoxy) is 1. The molecule has 1 atom stereocenters. The molecule has 3 N–H and O–H groups in total. The predicted molar refractivity (Wildman–Crippen MR) is 70.4 cm³/mol. The van der Waals surface area contributed by atoms with E-state index in [1.807, 2.05) is 13.8 Å². The van der Waals surface area contributed by atoms with Gasteiger partial charge in [0.2, 0.25) is 11.9 Å². The third-order valence-corrected chi connectivity index (χ3v) is 3.19. The summed E-state index contributed by atoms with van der Waals surface area (Å²) in [4.78, 5) is 12.3. The molecule has 0 aromatic carbocycles. The fourth-order valence-corrected chi connectivity index (χ4v) is 1.96. The van der Waals surface area contributed by atoms with E-state index in [1.54, 1.807) is 0 Å². The van der Waals surface area contributed by atoms with Gasteiger partial charge in [0.05, 0.1) is 6.10 Å². The summed E-state index contributed by atoms with van der Waals surface area (Å²) >= 11 is 0. The first-order chi connectivity index (χ1) is 8.54. The Balaban J connectivity index is 2.04. The van der Waals surface area contributed by atoms with E-state index in [1.165, 1.54) is 19.3 Å². The molecule has 100 valence electrons. The van der Waals surface area contributed by atoms with Crippen molar-refractivity contribution in [2.45, 2.75) is 52.2 Å². The maximum Gasteiger partial charge on any atom is 0.323 e. The largest absolute Gasteiger partial charge is 0.461 e. The second-order valence-electron chi connectivity index (χ2n) is 5.09. The summed E-state index contributed by atoms with van der Waals surface area (Å²) in [5, 5.41) is 3.28. The average Bonchev–Trinajstić information content (AvgIpc) is 2.11. The number of nitrogens with one attached hydrogen (secondary N) is 1. The molecular formula is C12H21N5O. The Morgan fingerprint density at radius 3 is 2.50 bits per heavy atom. The van der Waals surface area contributed by atoms with Gasteiger partial charge in [-0.2, -0.15) is 15.0 Å². The number of anilines is 2. The molecule has 18 heavy (non-hydrogen) atoms. The predicted octanol–water partition coefficient (Wildman–Crippen LogP) is 1.84. The number of hydrogen-bond acceptors (Lipinski definition) is 6. The van der Waals surface area contributed by atoms with Crippen molar-refractivity contribution in [3.05, 3.63) is 0 Å². The second-order valence-corrected chi connectivity index (χ2v) is 5.09. The van der Waals surface area contributed by atoms with Crippen molar-refractivity contribution in [1.29, 1.82) is 0 Å².